The van der Waals surface area contributed by atoms with Gasteiger partial charge < -0.3 is 19.7 Å². The van der Waals surface area contributed by atoms with Gasteiger partial charge in [0, 0.05) is 36.6 Å². The summed E-state index contributed by atoms with van der Waals surface area (Å²) in [6.45, 7) is 4.56. The zero-order valence-electron chi connectivity index (χ0n) is 20.4. The lowest BCUT2D eigenvalue weighted by Gasteiger charge is -2.42. The van der Waals surface area contributed by atoms with Gasteiger partial charge in [-0.1, -0.05) is 23.8 Å². The lowest BCUT2D eigenvalue weighted by molar-refractivity contribution is -0.0829. The molecule has 0 bridgehead atoms. The first kappa shape index (κ1) is 22.5. The van der Waals surface area contributed by atoms with Gasteiger partial charge in [-0.2, -0.15) is 0 Å². The third-order valence-electron chi connectivity index (χ3n) is 7.97. The number of hydrogen-bond acceptors (Lipinski definition) is 7. The SMILES string of the molecule is COc1cncc(-c2cn(C3(c4ccc(N5CCCC(NCC6CCC6)C5)cc4)COC3)nn2)c1. The summed E-state index contributed by atoms with van der Waals surface area (Å²) in [5.74, 6) is 1.61. The maximum Gasteiger partial charge on any atom is 0.137 e. The van der Waals surface area contributed by atoms with Crippen LogP contribution in [0.4, 0.5) is 5.69 Å². The molecule has 3 fully saturated rings. The lowest BCUT2D eigenvalue weighted by Crippen LogP contribution is -2.53. The molecule has 1 saturated carbocycles. The highest BCUT2D eigenvalue weighted by Crippen LogP contribution is 2.36. The molecule has 6 rings (SSSR count). The lowest BCUT2D eigenvalue weighted by atomic mass is 9.85. The van der Waals surface area contributed by atoms with Crippen LogP contribution in [0.2, 0.25) is 0 Å². The van der Waals surface area contributed by atoms with Gasteiger partial charge in [0.15, 0.2) is 0 Å². The second kappa shape index (κ2) is 9.59. The molecular formula is C27H34N6O2. The molecule has 2 aliphatic heterocycles. The van der Waals surface area contributed by atoms with E-state index in [9.17, 15) is 0 Å². The number of hydrogen-bond donors (Lipinski definition) is 1. The molecule has 0 amide bonds. The van der Waals surface area contributed by atoms with Gasteiger partial charge in [0.1, 0.15) is 17.0 Å². The molecule has 8 nitrogen and oxygen atoms in total. The van der Waals surface area contributed by atoms with Gasteiger partial charge >= 0.3 is 0 Å². The van der Waals surface area contributed by atoms with E-state index in [0.29, 0.717) is 25.0 Å². The van der Waals surface area contributed by atoms with Crippen molar-refractivity contribution in [1.29, 1.82) is 0 Å². The first-order valence-corrected chi connectivity index (χ1v) is 12.8. The number of pyridine rings is 1. The maximum atomic E-state index is 5.68. The zero-order chi connectivity index (χ0) is 23.7. The summed E-state index contributed by atoms with van der Waals surface area (Å²) < 4.78 is 12.9. The Morgan fingerprint density at radius 2 is 1.97 bits per heavy atom. The van der Waals surface area contributed by atoms with Crippen LogP contribution in [0.25, 0.3) is 11.3 Å². The largest absolute Gasteiger partial charge is 0.495 e. The average molecular weight is 475 g/mol. The number of benzene rings is 1. The molecule has 3 aliphatic rings. The zero-order valence-corrected chi connectivity index (χ0v) is 20.4. The Bertz CT molecular complexity index is 1140. The van der Waals surface area contributed by atoms with Crippen LogP contribution in [-0.4, -0.2) is 66.0 Å². The van der Waals surface area contributed by atoms with Crippen LogP contribution in [0, 0.1) is 5.92 Å². The Hall–Kier alpha value is -2.97. The number of ether oxygens (including phenoxy) is 2. The van der Waals surface area contributed by atoms with Gasteiger partial charge in [-0.05, 0) is 61.9 Å². The number of piperidine rings is 1. The van der Waals surface area contributed by atoms with Crippen molar-refractivity contribution < 1.29 is 9.47 Å². The van der Waals surface area contributed by atoms with Crippen molar-refractivity contribution in [3.05, 3.63) is 54.5 Å². The highest BCUT2D eigenvalue weighted by Gasteiger charge is 2.43. The van der Waals surface area contributed by atoms with E-state index in [1.54, 1.807) is 19.5 Å². The molecule has 1 atom stereocenters. The van der Waals surface area contributed by atoms with Gasteiger partial charge in [-0.3, -0.25) is 4.98 Å². The highest BCUT2D eigenvalue weighted by atomic mass is 16.5. The van der Waals surface area contributed by atoms with Crippen molar-refractivity contribution >= 4 is 5.69 Å². The molecule has 2 aromatic heterocycles. The van der Waals surface area contributed by atoms with E-state index in [1.165, 1.54) is 49.9 Å². The van der Waals surface area contributed by atoms with Gasteiger partial charge in [0.2, 0.25) is 0 Å². The highest BCUT2D eigenvalue weighted by molar-refractivity contribution is 5.58. The van der Waals surface area contributed by atoms with Crippen LogP contribution >= 0.6 is 0 Å². The molecule has 184 valence electrons. The van der Waals surface area contributed by atoms with E-state index in [-0.39, 0.29) is 5.54 Å². The van der Waals surface area contributed by atoms with Crippen molar-refractivity contribution in [2.45, 2.75) is 43.7 Å². The molecule has 4 heterocycles. The minimum absolute atomic E-state index is 0.329. The van der Waals surface area contributed by atoms with E-state index < -0.39 is 0 Å². The van der Waals surface area contributed by atoms with Crippen molar-refractivity contribution in [1.82, 2.24) is 25.3 Å². The summed E-state index contributed by atoms with van der Waals surface area (Å²) in [6.07, 6.45) is 12.2. The van der Waals surface area contributed by atoms with Crippen LogP contribution < -0.4 is 15.0 Å². The fraction of sp³-hybridized carbons (Fsp3) is 0.519. The summed E-state index contributed by atoms with van der Waals surface area (Å²) in [5, 5.41) is 12.7. The first-order chi connectivity index (χ1) is 17.2. The summed E-state index contributed by atoms with van der Waals surface area (Å²) in [4.78, 5) is 6.77. The topological polar surface area (TPSA) is 77.3 Å². The number of nitrogens with zero attached hydrogens (tertiary/aromatic N) is 5. The van der Waals surface area contributed by atoms with E-state index in [1.807, 2.05) is 16.9 Å². The van der Waals surface area contributed by atoms with Crippen LogP contribution in [0.5, 0.6) is 5.75 Å². The quantitative estimate of drug-likeness (QED) is 0.536. The molecule has 1 unspecified atom stereocenters. The van der Waals surface area contributed by atoms with Gasteiger partial charge in [0.05, 0.1) is 32.7 Å². The van der Waals surface area contributed by atoms with Crippen LogP contribution in [0.1, 0.15) is 37.7 Å². The van der Waals surface area contributed by atoms with Gasteiger partial charge in [0.25, 0.3) is 0 Å². The van der Waals surface area contributed by atoms with E-state index in [0.717, 1.165) is 30.3 Å². The average Bonchev–Trinajstić information content (AvgIpc) is 3.33. The third-order valence-corrected chi connectivity index (χ3v) is 7.97. The summed E-state index contributed by atoms with van der Waals surface area (Å²) in [7, 11) is 1.64. The summed E-state index contributed by atoms with van der Waals surface area (Å²) >= 11 is 0. The van der Waals surface area contributed by atoms with Crippen LogP contribution in [0.3, 0.4) is 0 Å². The third kappa shape index (κ3) is 4.41. The normalized spacial score (nSPS) is 21.9. The predicted molar refractivity (Wildman–Crippen MR) is 135 cm³/mol. The molecule has 3 aromatic rings. The maximum absolute atomic E-state index is 5.68. The number of nitrogens with one attached hydrogen (secondary N) is 1. The fourth-order valence-electron chi connectivity index (χ4n) is 5.39. The summed E-state index contributed by atoms with van der Waals surface area (Å²) in [5.41, 5.74) is 3.82. The minimum Gasteiger partial charge on any atom is -0.495 e. The Labute approximate surface area is 206 Å². The molecule has 8 heteroatoms. The van der Waals surface area contributed by atoms with Gasteiger partial charge in [-0.25, -0.2) is 4.68 Å². The number of anilines is 1. The Morgan fingerprint density at radius 3 is 2.69 bits per heavy atom. The monoisotopic (exact) mass is 474 g/mol. The second-order valence-electron chi connectivity index (χ2n) is 10.2. The number of methoxy groups -OCH3 is 1. The van der Waals surface area contributed by atoms with E-state index in [4.69, 9.17) is 9.47 Å². The smallest absolute Gasteiger partial charge is 0.137 e. The number of rotatable bonds is 8. The van der Waals surface area contributed by atoms with Crippen molar-refractivity contribution in [3.8, 4) is 17.0 Å². The predicted octanol–water partition coefficient (Wildman–Crippen LogP) is 3.48. The minimum atomic E-state index is -0.329. The van der Waals surface area contributed by atoms with Crippen molar-refractivity contribution in [2.75, 3.05) is 44.9 Å². The molecule has 1 N–H and O–H groups in total. The van der Waals surface area contributed by atoms with Crippen LogP contribution in [-0.2, 0) is 10.3 Å². The second-order valence-corrected chi connectivity index (χ2v) is 10.2. The molecule has 0 spiro atoms. The molecule has 1 aliphatic carbocycles. The molecule has 35 heavy (non-hydrogen) atoms. The number of aromatic nitrogens is 4. The molecule has 0 radical (unpaired) electrons. The first-order valence-electron chi connectivity index (χ1n) is 12.8. The van der Waals surface area contributed by atoms with E-state index in [2.05, 4.69) is 49.8 Å². The Balaban J connectivity index is 1.16. The van der Waals surface area contributed by atoms with Crippen molar-refractivity contribution in [3.63, 3.8) is 0 Å². The Kier molecular flexibility index (Phi) is 6.16. The Morgan fingerprint density at radius 1 is 1.11 bits per heavy atom. The van der Waals surface area contributed by atoms with Crippen molar-refractivity contribution in [2.24, 2.45) is 5.92 Å². The summed E-state index contributed by atoms with van der Waals surface area (Å²) in [6, 6.07) is 11.5. The standard InChI is InChI=1S/C27H34N6O2/c1-34-25-12-21(14-28-15-25)26-17-33(31-30-26)27(18-35-19-27)22-7-9-24(10-8-22)32-11-3-6-23(16-32)29-13-20-4-2-5-20/h7-10,12,14-15,17,20,23,29H,2-6,11,13,16,18-19H2,1H3. The van der Waals surface area contributed by atoms with Gasteiger partial charge in [-0.15, -0.1) is 5.10 Å². The molecule has 2 saturated heterocycles. The van der Waals surface area contributed by atoms with Crippen LogP contribution in [0.15, 0.2) is 48.9 Å². The molecular weight excluding hydrogens is 440 g/mol. The van der Waals surface area contributed by atoms with E-state index >= 15 is 0 Å². The fourth-order valence-corrected chi connectivity index (χ4v) is 5.39. The molecule has 1 aromatic carbocycles.